The van der Waals surface area contributed by atoms with Crippen molar-refractivity contribution in [2.75, 3.05) is 6.26 Å². The molecule has 0 heterocycles. The lowest BCUT2D eigenvalue weighted by molar-refractivity contribution is -0.120. The molecule has 0 unspecified atom stereocenters. The van der Waals surface area contributed by atoms with E-state index in [1.807, 2.05) is 0 Å². The third kappa shape index (κ3) is 7.35. The van der Waals surface area contributed by atoms with Crippen LogP contribution in [0.2, 0.25) is 0 Å². The van der Waals surface area contributed by atoms with Crippen molar-refractivity contribution >= 4 is 26.4 Å². The molecule has 0 fully saturated rings. The largest absolute Gasteiger partial charge is 0.311 e. The summed E-state index contributed by atoms with van der Waals surface area (Å²) in [4.78, 5) is 11.4. The first kappa shape index (κ1) is 15.0. The number of sulfonamides is 1. The molecule has 7 nitrogen and oxygen atoms in total. The highest BCUT2D eigenvalue weighted by molar-refractivity contribution is 7.89. The molecular formula is C7H14N2O5S2. The first-order valence-corrected chi connectivity index (χ1v) is 7.36. The predicted octanol–water partition coefficient (Wildman–Crippen LogP) is -0.460. The molecule has 0 rings (SSSR count). The lowest BCUT2D eigenvalue weighted by Gasteiger charge is -2.11. The molecule has 1 N–H and O–H groups in total. The maximum atomic E-state index is 11.4. The first-order valence-electron chi connectivity index (χ1n) is 4.43. The van der Waals surface area contributed by atoms with E-state index >= 15 is 0 Å². The van der Waals surface area contributed by atoms with E-state index in [-0.39, 0.29) is 12.3 Å². The normalized spacial score (nSPS) is 13.2. The average molecular weight is 270 g/mol. The van der Waals surface area contributed by atoms with Crippen molar-refractivity contribution in [3.8, 4) is 0 Å². The molecule has 16 heavy (non-hydrogen) atoms. The van der Waals surface area contributed by atoms with E-state index in [9.17, 15) is 21.6 Å². The fourth-order valence-corrected chi connectivity index (χ4v) is 1.89. The number of carbonyl (C=O) groups excluding carboxylic acids is 1. The van der Waals surface area contributed by atoms with Gasteiger partial charge in [-0.05, 0) is 12.3 Å². The molecule has 0 radical (unpaired) electrons. The molecule has 0 aromatic heterocycles. The summed E-state index contributed by atoms with van der Waals surface area (Å²) in [5, 5.41) is 0. The Hall–Kier alpha value is -0.960. The summed E-state index contributed by atoms with van der Waals surface area (Å²) in [5.74, 6) is -0.914. The van der Waals surface area contributed by atoms with Crippen LogP contribution in [0.5, 0.6) is 0 Å². The third-order valence-electron chi connectivity index (χ3n) is 1.50. The van der Waals surface area contributed by atoms with Gasteiger partial charge in [-0.3, -0.25) is 9.52 Å². The van der Waals surface area contributed by atoms with Crippen molar-refractivity contribution in [2.24, 2.45) is 10.3 Å². The SMILES string of the molecule is CC(C)C[C@@H](N=S(=O)=O)C(=O)NS(C)(=O)=O. The van der Waals surface area contributed by atoms with Gasteiger partial charge in [-0.1, -0.05) is 13.8 Å². The number of rotatable bonds is 5. The summed E-state index contributed by atoms with van der Waals surface area (Å²) in [6, 6.07) is -1.20. The molecule has 0 aromatic rings. The molecule has 0 aliphatic rings. The van der Waals surface area contributed by atoms with Gasteiger partial charge in [0, 0.05) is 0 Å². The highest BCUT2D eigenvalue weighted by Gasteiger charge is 2.22. The second-order valence-corrected chi connectivity index (χ2v) is 6.10. The van der Waals surface area contributed by atoms with Gasteiger partial charge in [-0.25, -0.2) is 8.42 Å². The minimum absolute atomic E-state index is 0.0163. The van der Waals surface area contributed by atoms with Gasteiger partial charge in [-0.2, -0.15) is 12.8 Å². The summed E-state index contributed by atoms with van der Waals surface area (Å²) < 4.78 is 47.1. The predicted molar refractivity (Wildman–Crippen MR) is 57.6 cm³/mol. The zero-order chi connectivity index (χ0) is 12.9. The number of nitrogens with one attached hydrogen (secondary N) is 1. The molecule has 9 heteroatoms. The van der Waals surface area contributed by atoms with Gasteiger partial charge in [0.05, 0.1) is 6.26 Å². The molecule has 1 amide bonds. The molecule has 0 bridgehead atoms. The molecule has 1 atom stereocenters. The lowest BCUT2D eigenvalue weighted by Crippen LogP contribution is -2.37. The second-order valence-electron chi connectivity index (χ2n) is 3.71. The highest BCUT2D eigenvalue weighted by Crippen LogP contribution is 2.08. The molecule has 0 aromatic carbocycles. The minimum Gasteiger partial charge on any atom is -0.271 e. The zero-order valence-electron chi connectivity index (χ0n) is 9.17. The van der Waals surface area contributed by atoms with Crippen molar-refractivity contribution in [1.82, 2.24) is 4.72 Å². The summed E-state index contributed by atoms with van der Waals surface area (Å²) in [6.07, 6.45) is 0.973. The van der Waals surface area contributed by atoms with Crippen molar-refractivity contribution in [1.29, 1.82) is 0 Å². The van der Waals surface area contributed by atoms with E-state index < -0.39 is 32.5 Å². The van der Waals surface area contributed by atoms with Gasteiger partial charge in [0.15, 0.2) is 0 Å². The number of carbonyl (C=O) groups is 1. The van der Waals surface area contributed by atoms with Gasteiger partial charge in [-0.15, -0.1) is 0 Å². The summed E-state index contributed by atoms with van der Waals surface area (Å²) >= 11 is 0. The Balaban J connectivity index is 4.91. The summed E-state index contributed by atoms with van der Waals surface area (Å²) in [7, 11) is -6.44. The van der Waals surface area contributed by atoms with Crippen LogP contribution in [0.3, 0.4) is 0 Å². The zero-order valence-corrected chi connectivity index (χ0v) is 10.8. The van der Waals surface area contributed by atoms with E-state index in [0.29, 0.717) is 0 Å². The number of amides is 1. The molecule has 0 saturated heterocycles. The number of hydrogen-bond acceptors (Lipinski definition) is 6. The van der Waals surface area contributed by atoms with E-state index in [2.05, 4.69) is 4.36 Å². The first-order chi connectivity index (χ1) is 7.11. The molecule has 94 valence electrons. The van der Waals surface area contributed by atoms with Crippen LogP contribution in [0.1, 0.15) is 20.3 Å². The Bertz CT molecular complexity index is 469. The van der Waals surface area contributed by atoms with E-state index in [4.69, 9.17) is 0 Å². The summed E-state index contributed by atoms with van der Waals surface area (Å²) in [5.41, 5.74) is 0. The van der Waals surface area contributed by atoms with Crippen LogP contribution < -0.4 is 4.72 Å². The van der Waals surface area contributed by atoms with Crippen LogP contribution in [-0.2, 0) is 25.3 Å². The van der Waals surface area contributed by atoms with Gasteiger partial charge >= 0.3 is 10.5 Å². The minimum atomic E-state index is -3.70. The van der Waals surface area contributed by atoms with Crippen molar-refractivity contribution < 1.29 is 21.6 Å². The van der Waals surface area contributed by atoms with E-state index in [1.165, 1.54) is 0 Å². The molecule has 0 aliphatic heterocycles. The second kappa shape index (κ2) is 5.94. The van der Waals surface area contributed by atoms with Crippen LogP contribution in [0.25, 0.3) is 0 Å². The molecule has 0 saturated carbocycles. The van der Waals surface area contributed by atoms with Crippen LogP contribution in [-0.4, -0.2) is 35.0 Å². The maximum Gasteiger partial charge on any atom is 0.311 e. The quantitative estimate of drug-likeness (QED) is 0.727. The number of nitrogens with zero attached hydrogens (tertiary/aromatic N) is 1. The molecule has 0 spiro atoms. The highest BCUT2D eigenvalue weighted by atomic mass is 32.2. The van der Waals surface area contributed by atoms with E-state index in [1.54, 1.807) is 18.6 Å². The average Bonchev–Trinajstić information content (AvgIpc) is 1.97. The standard InChI is InChI=1S/C7H14N2O5S2/c1-5(2)4-6(8-15(11)12)7(10)9-16(3,13)14/h5-6H,4H2,1-3H3,(H,9,10)/t6-/m1/s1. The Labute approximate surface area is 96.0 Å². The Morgan fingerprint density at radius 1 is 1.38 bits per heavy atom. The number of hydrogen-bond donors (Lipinski definition) is 1. The fraction of sp³-hybridized carbons (Fsp3) is 0.857. The van der Waals surface area contributed by atoms with E-state index in [0.717, 1.165) is 6.26 Å². The Kier molecular flexibility index (Phi) is 5.59. The Morgan fingerprint density at radius 3 is 2.19 bits per heavy atom. The molecular weight excluding hydrogens is 256 g/mol. The van der Waals surface area contributed by atoms with Gasteiger partial charge < -0.3 is 0 Å². The van der Waals surface area contributed by atoms with Crippen LogP contribution >= 0.6 is 0 Å². The van der Waals surface area contributed by atoms with Gasteiger partial charge in [0.1, 0.15) is 6.04 Å². The monoisotopic (exact) mass is 270 g/mol. The maximum absolute atomic E-state index is 11.4. The summed E-state index contributed by atoms with van der Waals surface area (Å²) in [6.45, 7) is 3.54. The molecule has 0 aliphatic carbocycles. The lowest BCUT2D eigenvalue weighted by atomic mass is 10.0. The fourth-order valence-electron chi connectivity index (χ4n) is 0.999. The van der Waals surface area contributed by atoms with Crippen LogP contribution in [0.15, 0.2) is 4.36 Å². The topological polar surface area (TPSA) is 110 Å². The van der Waals surface area contributed by atoms with Crippen LogP contribution in [0.4, 0.5) is 0 Å². The van der Waals surface area contributed by atoms with Crippen molar-refractivity contribution in [3.05, 3.63) is 0 Å². The van der Waals surface area contributed by atoms with Crippen LogP contribution in [0, 0.1) is 5.92 Å². The van der Waals surface area contributed by atoms with Crippen molar-refractivity contribution in [2.45, 2.75) is 26.3 Å². The smallest absolute Gasteiger partial charge is 0.271 e. The van der Waals surface area contributed by atoms with Crippen molar-refractivity contribution in [3.63, 3.8) is 0 Å². The van der Waals surface area contributed by atoms with Gasteiger partial charge in [0.25, 0.3) is 5.91 Å². The third-order valence-corrected chi connectivity index (χ3v) is 2.50. The Morgan fingerprint density at radius 2 is 1.88 bits per heavy atom. The van der Waals surface area contributed by atoms with Gasteiger partial charge in [0.2, 0.25) is 10.0 Å².